The van der Waals surface area contributed by atoms with E-state index in [1.54, 1.807) is 7.11 Å². The van der Waals surface area contributed by atoms with Crippen molar-refractivity contribution < 1.29 is 28.4 Å². The molecular weight excluding hydrogens is 549 g/mol. The zero-order valence-electron chi connectivity index (χ0n) is 25.6. The Balaban J connectivity index is 1.68. The molecule has 3 N–H and O–H groups in total. The van der Waals surface area contributed by atoms with Crippen LogP contribution < -0.4 is 10.1 Å². The standard InChI is InChI=1S/C34H52NO6P/c1-3-4-5-6-7-8-9-10-11-12-13-14-15-16-17-18-34(36)35-32(28-41-42(37,38)39)27-29-19-21-30(22-20-29)31-23-25-33(40-2)26-24-31/h10-11,19-26,32H,3-9,12-18,27-28H2,1-2H3,(H,35,36)(H2,37,38,39)/t32-/m0/s1. The summed E-state index contributed by atoms with van der Waals surface area (Å²) < 4.78 is 21.3. The van der Waals surface area contributed by atoms with Gasteiger partial charge in [-0.15, -0.1) is 0 Å². The number of allylic oxidation sites excluding steroid dienone is 2. The lowest BCUT2D eigenvalue weighted by Crippen LogP contribution is -2.39. The van der Waals surface area contributed by atoms with Crippen LogP contribution in [0, 0.1) is 0 Å². The minimum absolute atomic E-state index is 0.123. The molecule has 0 unspecified atom stereocenters. The lowest BCUT2D eigenvalue weighted by atomic mass is 10.0. The van der Waals surface area contributed by atoms with Gasteiger partial charge in [-0.2, -0.15) is 0 Å². The Morgan fingerprint density at radius 1 is 0.810 bits per heavy atom. The molecule has 0 fully saturated rings. The second-order valence-corrected chi connectivity index (χ2v) is 12.3. The summed E-state index contributed by atoms with van der Waals surface area (Å²) >= 11 is 0. The van der Waals surface area contributed by atoms with Gasteiger partial charge in [0, 0.05) is 6.42 Å². The molecule has 0 heterocycles. The summed E-state index contributed by atoms with van der Waals surface area (Å²) in [6, 6.07) is 15.1. The summed E-state index contributed by atoms with van der Waals surface area (Å²) in [5.74, 6) is 0.669. The van der Waals surface area contributed by atoms with Crippen LogP contribution in [0.5, 0.6) is 5.75 Å². The van der Waals surface area contributed by atoms with Gasteiger partial charge < -0.3 is 19.8 Å². The molecule has 0 radical (unpaired) electrons. The molecule has 2 aromatic carbocycles. The number of unbranched alkanes of at least 4 members (excludes halogenated alkanes) is 11. The van der Waals surface area contributed by atoms with E-state index >= 15 is 0 Å². The van der Waals surface area contributed by atoms with Gasteiger partial charge in [0.1, 0.15) is 5.75 Å². The highest BCUT2D eigenvalue weighted by Crippen LogP contribution is 2.36. The summed E-state index contributed by atoms with van der Waals surface area (Å²) in [4.78, 5) is 31.0. The highest BCUT2D eigenvalue weighted by atomic mass is 31.2. The van der Waals surface area contributed by atoms with E-state index < -0.39 is 13.9 Å². The third-order valence-corrected chi connectivity index (χ3v) is 7.82. The average Bonchev–Trinajstić information content (AvgIpc) is 2.98. The lowest BCUT2D eigenvalue weighted by molar-refractivity contribution is -0.122. The van der Waals surface area contributed by atoms with Gasteiger partial charge in [0.25, 0.3) is 0 Å². The highest BCUT2D eigenvalue weighted by Gasteiger charge is 2.20. The summed E-state index contributed by atoms with van der Waals surface area (Å²) in [6.45, 7) is 1.99. The Bertz CT molecular complexity index is 1060. The predicted octanol–water partition coefficient (Wildman–Crippen LogP) is 8.54. The van der Waals surface area contributed by atoms with Crippen molar-refractivity contribution >= 4 is 13.7 Å². The molecule has 0 aliphatic carbocycles. The molecule has 0 aromatic heterocycles. The molecule has 1 atom stereocenters. The van der Waals surface area contributed by atoms with Crippen molar-refractivity contribution in [3.05, 3.63) is 66.2 Å². The quantitative estimate of drug-likeness (QED) is 0.0670. The lowest BCUT2D eigenvalue weighted by Gasteiger charge is -2.19. The smallest absolute Gasteiger partial charge is 0.469 e. The number of benzene rings is 2. The highest BCUT2D eigenvalue weighted by molar-refractivity contribution is 7.46. The van der Waals surface area contributed by atoms with Crippen LogP contribution >= 0.6 is 7.82 Å². The number of hydrogen-bond donors (Lipinski definition) is 3. The van der Waals surface area contributed by atoms with E-state index in [-0.39, 0.29) is 12.5 Å². The predicted molar refractivity (Wildman–Crippen MR) is 172 cm³/mol. The number of nitrogens with one attached hydrogen (secondary N) is 1. The Hall–Kier alpha value is -2.44. The zero-order chi connectivity index (χ0) is 30.5. The summed E-state index contributed by atoms with van der Waals surface area (Å²) in [7, 11) is -3.01. The molecule has 1 amide bonds. The summed E-state index contributed by atoms with van der Waals surface area (Å²) in [5.41, 5.74) is 3.03. The van der Waals surface area contributed by atoms with Gasteiger partial charge in [-0.1, -0.05) is 107 Å². The molecule has 2 rings (SSSR count). The molecule has 0 saturated heterocycles. The zero-order valence-corrected chi connectivity index (χ0v) is 26.5. The van der Waals surface area contributed by atoms with Gasteiger partial charge in [-0.05, 0) is 67.3 Å². The van der Waals surface area contributed by atoms with Gasteiger partial charge in [0.15, 0.2) is 0 Å². The number of methoxy groups -OCH3 is 1. The Kier molecular flexibility index (Phi) is 18.1. The molecule has 0 bridgehead atoms. The molecule has 2 aromatic rings. The van der Waals surface area contributed by atoms with E-state index in [2.05, 4.69) is 24.4 Å². The van der Waals surface area contributed by atoms with E-state index in [0.717, 1.165) is 54.5 Å². The van der Waals surface area contributed by atoms with Crippen molar-refractivity contribution in [2.45, 2.75) is 109 Å². The number of ether oxygens (including phenoxy) is 1. The number of carbonyl (C=O) groups is 1. The van der Waals surface area contributed by atoms with E-state index in [1.807, 2.05) is 48.5 Å². The number of hydrogen-bond acceptors (Lipinski definition) is 4. The summed E-state index contributed by atoms with van der Waals surface area (Å²) in [6.07, 6.45) is 21.0. The number of phosphoric ester groups is 1. The maximum absolute atomic E-state index is 12.6. The molecule has 8 heteroatoms. The molecule has 0 saturated carbocycles. The van der Waals surface area contributed by atoms with Crippen LogP contribution in [0.15, 0.2) is 60.7 Å². The first-order valence-electron chi connectivity index (χ1n) is 15.7. The van der Waals surface area contributed by atoms with Gasteiger partial charge >= 0.3 is 7.82 Å². The SMILES string of the molecule is CCCCCCCCC=CCCCCCCCC(=O)N[C@H](COP(=O)(O)O)Cc1ccc(-c2ccc(OC)cc2)cc1. The van der Waals surface area contributed by atoms with Gasteiger partial charge in [0.05, 0.1) is 19.8 Å². The molecule has 0 aliphatic rings. The number of amides is 1. The third-order valence-electron chi connectivity index (χ3n) is 7.33. The van der Waals surface area contributed by atoms with Crippen LogP contribution in [0.2, 0.25) is 0 Å². The van der Waals surface area contributed by atoms with Crippen LogP contribution in [-0.4, -0.2) is 35.5 Å². The Morgan fingerprint density at radius 3 is 1.88 bits per heavy atom. The minimum atomic E-state index is -4.64. The molecule has 7 nitrogen and oxygen atoms in total. The fourth-order valence-electron chi connectivity index (χ4n) is 4.90. The second-order valence-electron chi connectivity index (χ2n) is 11.0. The fraction of sp³-hybridized carbons (Fsp3) is 0.559. The first-order chi connectivity index (χ1) is 20.3. The number of rotatable bonds is 23. The molecule has 0 aliphatic heterocycles. The van der Waals surface area contributed by atoms with E-state index in [9.17, 15) is 19.1 Å². The van der Waals surface area contributed by atoms with Crippen LogP contribution in [0.3, 0.4) is 0 Å². The Morgan fingerprint density at radius 2 is 1.33 bits per heavy atom. The number of carbonyl (C=O) groups excluding carboxylic acids is 1. The van der Waals surface area contributed by atoms with Crippen molar-refractivity contribution in [2.24, 2.45) is 0 Å². The first kappa shape index (κ1) is 35.8. The third kappa shape index (κ3) is 16.9. The summed E-state index contributed by atoms with van der Waals surface area (Å²) in [5, 5.41) is 2.92. The minimum Gasteiger partial charge on any atom is -0.497 e. The normalized spacial score (nSPS) is 12.5. The van der Waals surface area contributed by atoms with E-state index in [1.165, 1.54) is 51.4 Å². The van der Waals surface area contributed by atoms with Crippen molar-refractivity contribution in [3.8, 4) is 16.9 Å². The van der Waals surface area contributed by atoms with Crippen LogP contribution in [0.1, 0.15) is 102 Å². The molecule has 42 heavy (non-hydrogen) atoms. The fourth-order valence-corrected chi connectivity index (χ4v) is 5.27. The van der Waals surface area contributed by atoms with Gasteiger partial charge in [-0.25, -0.2) is 4.57 Å². The maximum Gasteiger partial charge on any atom is 0.469 e. The van der Waals surface area contributed by atoms with Crippen molar-refractivity contribution in [3.63, 3.8) is 0 Å². The van der Waals surface area contributed by atoms with Crippen molar-refractivity contribution in [1.82, 2.24) is 5.32 Å². The van der Waals surface area contributed by atoms with Gasteiger partial charge in [-0.3, -0.25) is 9.32 Å². The average molecular weight is 602 g/mol. The second kappa shape index (κ2) is 21.3. The molecule has 234 valence electrons. The monoisotopic (exact) mass is 601 g/mol. The van der Waals surface area contributed by atoms with Crippen LogP contribution in [0.25, 0.3) is 11.1 Å². The van der Waals surface area contributed by atoms with Crippen molar-refractivity contribution in [1.29, 1.82) is 0 Å². The maximum atomic E-state index is 12.6. The van der Waals surface area contributed by atoms with E-state index in [0.29, 0.717) is 12.8 Å². The van der Waals surface area contributed by atoms with Crippen LogP contribution in [-0.2, 0) is 20.3 Å². The number of phosphoric acid groups is 1. The molecule has 0 spiro atoms. The Labute approximate surface area is 253 Å². The van der Waals surface area contributed by atoms with Crippen LogP contribution in [0.4, 0.5) is 0 Å². The topological polar surface area (TPSA) is 105 Å². The first-order valence-corrected chi connectivity index (χ1v) is 17.2. The largest absolute Gasteiger partial charge is 0.497 e. The molecular formula is C34H52NO6P. The van der Waals surface area contributed by atoms with Crippen molar-refractivity contribution in [2.75, 3.05) is 13.7 Å². The van der Waals surface area contributed by atoms with Gasteiger partial charge in [0.2, 0.25) is 5.91 Å². The van der Waals surface area contributed by atoms with E-state index in [4.69, 9.17) is 9.26 Å².